The van der Waals surface area contributed by atoms with E-state index in [0.717, 1.165) is 77.6 Å². The van der Waals surface area contributed by atoms with Crippen molar-refractivity contribution in [3.63, 3.8) is 0 Å². The van der Waals surface area contributed by atoms with Crippen LogP contribution in [0.3, 0.4) is 0 Å². The molecule has 0 atom stereocenters. The number of rotatable bonds is 6. The predicted octanol–water partition coefficient (Wildman–Crippen LogP) is 14.0. The lowest BCUT2D eigenvalue weighted by Gasteiger charge is -2.28. The summed E-state index contributed by atoms with van der Waals surface area (Å²) >= 11 is 0. The Balaban J connectivity index is 1.20. The SMILES string of the molecule is c1ccc(-c2cccc(-c3ccc(N(c4ccc5c(c4)oc4ccccc45)c4ccc5oc6ccccc6c5c4)c(-c4ccccc4)c3)c2)cc1. The lowest BCUT2D eigenvalue weighted by molar-refractivity contribution is 0.668. The molecule has 10 rings (SSSR count). The third kappa shape index (κ3) is 5.06. The van der Waals surface area contributed by atoms with Gasteiger partial charge in [-0.25, -0.2) is 0 Å². The molecule has 0 spiro atoms. The molecule has 0 aliphatic heterocycles. The van der Waals surface area contributed by atoms with Crippen LogP contribution in [0.1, 0.15) is 0 Å². The predicted molar refractivity (Wildman–Crippen MR) is 212 cm³/mol. The number of hydrogen-bond donors (Lipinski definition) is 0. The zero-order valence-corrected chi connectivity index (χ0v) is 27.7. The van der Waals surface area contributed by atoms with E-state index in [1.807, 2.05) is 24.3 Å². The summed E-state index contributed by atoms with van der Waals surface area (Å²) in [6, 6.07) is 66.4. The number of nitrogens with zero attached hydrogens (tertiary/aromatic N) is 1. The highest BCUT2D eigenvalue weighted by Crippen LogP contribution is 2.45. The minimum Gasteiger partial charge on any atom is -0.456 e. The minimum absolute atomic E-state index is 0.851. The maximum atomic E-state index is 6.43. The summed E-state index contributed by atoms with van der Waals surface area (Å²) in [5.41, 5.74) is 13.6. The molecule has 0 saturated carbocycles. The molecular weight excluding hydrogens is 623 g/mol. The Kier molecular flexibility index (Phi) is 6.81. The van der Waals surface area contributed by atoms with Gasteiger partial charge in [0.05, 0.1) is 5.69 Å². The van der Waals surface area contributed by atoms with Crippen LogP contribution in [-0.4, -0.2) is 0 Å². The fraction of sp³-hybridized carbons (Fsp3) is 0. The zero-order chi connectivity index (χ0) is 33.7. The third-order valence-electron chi connectivity index (χ3n) is 9.86. The maximum absolute atomic E-state index is 6.43. The Bertz CT molecular complexity index is 2860. The second-order valence-electron chi connectivity index (χ2n) is 12.9. The molecule has 2 heterocycles. The average Bonchev–Trinajstić information content (AvgIpc) is 3.77. The molecule has 0 bridgehead atoms. The lowest BCUT2D eigenvalue weighted by Crippen LogP contribution is -2.11. The Morgan fingerprint density at radius 1 is 0.294 bits per heavy atom. The monoisotopic (exact) mass is 653 g/mol. The number of benzene rings is 8. The fourth-order valence-electron chi connectivity index (χ4n) is 7.40. The van der Waals surface area contributed by atoms with E-state index in [1.165, 1.54) is 16.7 Å². The van der Waals surface area contributed by atoms with E-state index >= 15 is 0 Å². The van der Waals surface area contributed by atoms with Crippen LogP contribution < -0.4 is 4.90 Å². The first-order valence-corrected chi connectivity index (χ1v) is 17.2. The van der Waals surface area contributed by atoms with Gasteiger partial charge < -0.3 is 13.7 Å². The summed E-state index contributed by atoms with van der Waals surface area (Å²) in [7, 11) is 0. The van der Waals surface area contributed by atoms with Crippen LogP contribution in [0.15, 0.2) is 197 Å². The molecule has 0 N–H and O–H groups in total. The van der Waals surface area contributed by atoms with E-state index < -0.39 is 0 Å². The van der Waals surface area contributed by atoms with Crippen LogP contribution in [0.5, 0.6) is 0 Å². The number of anilines is 3. The maximum Gasteiger partial charge on any atom is 0.137 e. The van der Waals surface area contributed by atoms with Gasteiger partial charge in [0.1, 0.15) is 22.3 Å². The summed E-state index contributed by atoms with van der Waals surface area (Å²) in [6.45, 7) is 0. The van der Waals surface area contributed by atoms with Gasteiger partial charge in [0.15, 0.2) is 0 Å². The Morgan fingerprint density at radius 2 is 0.824 bits per heavy atom. The van der Waals surface area contributed by atoms with Gasteiger partial charge >= 0.3 is 0 Å². The molecule has 0 amide bonds. The number of hydrogen-bond acceptors (Lipinski definition) is 3. The Hall–Kier alpha value is -6.84. The highest BCUT2D eigenvalue weighted by atomic mass is 16.3. The summed E-state index contributed by atoms with van der Waals surface area (Å²) in [5.74, 6) is 0. The van der Waals surface area contributed by atoms with Gasteiger partial charge in [-0.05, 0) is 88.5 Å². The molecule has 0 fully saturated rings. The van der Waals surface area contributed by atoms with Gasteiger partial charge in [-0.2, -0.15) is 0 Å². The van der Waals surface area contributed by atoms with Gasteiger partial charge in [0.25, 0.3) is 0 Å². The largest absolute Gasteiger partial charge is 0.456 e. The lowest BCUT2D eigenvalue weighted by atomic mass is 9.94. The van der Waals surface area contributed by atoms with E-state index in [4.69, 9.17) is 8.83 Å². The van der Waals surface area contributed by atoms with Crippen molar-refractivity contribution in [1.82, 2.24) is 0 Å². The first-order chi connectivity index (χ1) is 25.3. The van der Waals surface area contributed by atoms with E-state index in [-0.39, 0.29) is 0 Å². The molecule has 3 nitrogen and oxygen atoms in total. The quantitative estimate of drug-likeness (QED) is 0.179. The van der Waals surface area contributed by atoms with Crippen molar-refractivity contribution < 1.29 is 8.83 Å². The highest BCUT2D eigenvalue weighted by Gasteiger charge is 2.21. The van der Waals surface area contributed by atoms with Crippen molar-refractivity contribution in [3.8, 4) is 33.4 Å². The van der Waals surface area contributed by atoms with Crippen LogP contribution in [0, 0.1) is 0 Å². The molecule has 10 aromatic rings. The van der Waals surface area contributed by atoms with Gasteiger partial charge in [-0.15, -0.1) is 0 Å². The van der Waals surface area contributed by atoms with Crippen molar-refractivity contribution >= 4 is 60.9 Å². The average molecular weight is 654 g/mol. The summed E-state index contributed by atoms with van der Waals surface area (Å²) in [6.07, 6.45) is 0. The Morgan fingerprint density at radius 3 is 1.59 bits per heavy atom. The molecule has 0 aliphatic rings. The van der Waals surface area contributed by atoms with Crippen LogP contribution in [0.4, 0.5) is 17.1 Å². The van der Waals surface area contributed by atoms with Crippen molar-refractivity contribution in [2.75, 3.05) is 4.90 Å². The molecule has 51 heavy (non-hydrogen) atoms. The van der Waals surface area contributed by atoms with Crippen LogP contribution in [0.2, 0.25) is 0 Å². The van der Waals surface area contributed by atoms with Gasteiger partial charge in [0, 0.05) is 44.5 Å². The standard InChI is InChI=1S/C48H31NO2/c1-3-12-32(13-4-1)34-16-11-17-35(28-34)36-22-26-44(42(29-36)33-14-5-2-6-15-33)49(37-24-27-47-43(30-37)40-19-8-10-21-46(40)50-47)38-23-25-41-39-18-7-9-20-45(39)51-48(41)31-38/h1-31H. The van der Waals surface area contributed by atoms with Crippen molar-refractivity contribution in [3.05, 3.63) is 188 Å². The molecule has 0 radical (unpaired) electrons. The van der Waals surface area contributed by atoms with Gasteiger partial charge in [0.2, 0.25) is 0 Å². The highest BCUT2D eigenvalue weighted by molar-refractivity contribution is 6.08. The van der Waals surface area contributed by atoms with Crippen LogP contribution in [-0.2, 0) is 0 Å². The molecule has 240 valence electrons. The van der Waals surface area contributed by atoms with E-state index in [0.29, 0.717) is 0 Å². The number of furan rings is 2. The Labute approximate surface area is 295 Å². The number of fused-ring (bicyclic) bond motifs is 6. The first-order valence-electron chi connectivity index (χ1n) is 17.2. The molecular formula is C48H31NO2. The normalized spacial score (nSPS) is 11.5. The van der Waals surface area contributed by atoms with E-state index in [1.54, 1.807) is 0 Å². The van der Waals surface area contributed by atoms with E-state index in [9.17, 15) is 0 Å². The smallest absolute Gasteiger partial charge is 0.137 e. The summed E-state index contributed by atoms with van der Waals surface area (Å²) in [5, 5.41) is 4.39. The fourth-order valence-corrected chi connectivity index (χ4v) is 7.40. The second-order valence-corrected chi connectivity index (χ2v) is 12.9. The molecule has 2 aromatic heterocycles. The van der Waals surface area contributed by atoms with Crippen LogP contribution >= 0.6 is 0 Å². The van der Waals surface area contributed by atoms with Crippen molar-refractivity contribution in [1.29, 1.82) is 0 Å². The van der Waals surface area contributed by atoms with Gasteiger partial charge in [-0.1, -0.05) is 121 Å². The number of para-hydroxylation sites is 2. The summed E-state index contributed by atoms with van der Waals surface area (Å²) < 4.78 is 12.7. The second kappa shape index (κ2) is 11.9. The van der Waals surface area contributed by atoms with Crippen molar-refractivity contribution in [2.45, 2.75) is 0 Å². The van der Waals surface area contributed by atoms with E-state index in [2.05, 4.69) is 169 Å². The zero-order valence-electron chi connectivity index (χ0n) is 27.7. The summed E-state index contributed by atoms with van der Waals surface area (Å²) in [4.78, 5) is 2.35. The first kappa shape index (κ1) is 29.1. The molecule has 0 saturated heterocycles. The third-order valence-corrected chi connectivity index (χ3v) is 9.86. The topological polar surface area (TPSA) is 29.5 Å². The molecule has 0 aliphatic carbocycles. The minimum atomic E-state index is 0.851. The van der Waals surface area contributed by atoms with Crippen LogP contribution in [0.25, 0.3) is 77.3 Å². The molecule has 0 unspecified atom stereocenters. The van der Waals surface area contributed by atoms with Crippen molar-refractivity contribution in [2.24, 2.45) is 0 Å². The molecule has 8 aromatic carbocycles. The molecule has 3 heteroatoms. The van der Waals surface area contributed by atoms with Gasteiger partial charge in [-0.3, -0.25) is 0 Å².